The van der Waals surface area contributed by atoms with Crippen molar-refractivity contribution in [2.24, 2.45) is 0 Å². The lowest BCUT2D eigenvalue weighted by Gasteiger charge is -2.09. The zero-order valence-electron chi connectivity index (χ0n) is 13.6. The second-order valence-corrected chi connectivity index (χ2v) is 5.43. The Bertz CT molecular complexity index is 643. The number of hydrogen-bond donors (Lipinski definition) is 3. The number of aromatic nitrogens is 1. The third-order valence-corrected chi connectivity index (χ3v) is 3.54. The topological polar surface area (TPSA) is 87.4 Å². The summed E-state index contributed by atoms with van der Waals surface area (Å²) in [6, 6.07) is 5.62. The fraction of sp³-hybridized carbons (Fsp3) is 0.412. The fourth-order valence-electron chi connectivity index (χ4n) is 2.07. The molecule has 0 aliphatic carbocycles. The van der Waals surface area contributed by atoms with Gasteiger partial charge in [0, 0.05) is 25.1 Å². The second-order valence-electron chi connectivity index (χ2n) is 5.43. The van der Waals surface area contributed by atoms with Gasteiger partial charge in [-0.15, -0.1) is 0 Å². The van der Waals surface area contributed by atoms with Gasteiger partial charge in [-0.3, -0.25) is 0 Å². The standard InChI is InChI=1S/C17H22FN3O3/c1-2-15(22)8-10-20-17(23)19-9-7-14-11-24-16(21-14)12-3-5-13(18)6-4-12/h3-6,11,15,22H,2,7-10H2,1H3,(H2,19,20,23). The molecule has 2 rings (SSSR count). The molecule has 2 amide bonds. The van der Waals surface area contributed by atoms with E-state index in [9.17, 15) is 14.3 Å². The first-order chi connectivity index (χ1) is 11.6. The van der Waals surface area contributed by atoms with Crippen molar-refractivity contribution < 1.29 is 18.7 Å². The van der Waals surface area contributed by atoms with E-state index in [1.54, 1.807) is 12.1 Å². The van der Waals surface area contributed by atoms with Crippen molar-refractivity contribution in [2.75, 3.05) is 13.1 Å². The highest BCUT2D eigenvalue weighted by atomic mass is 19.1. The summed E-state index contributed by atoms with van der Waals surface area (Å²) in [5, 5.41) is 14.8. The first-order valence-electron chi connectivity index (χ1n) is 7.98. The van der Waals surface area contributed by atoms with Crippen molar-refractivity contribution >= 4 is 6.03 Å². The number of oxazole rings is 1. The second kappa shape index (κ2) is 9.02. The highest BCUT2D eigenvalue weighted by Crippen LogP contribution is 2.18. The van der Waals surface area contributed by atoms with Crippen molar-refractivity contribution in [3.8, 4) is 11.5 Å². The molecule has 0 saturated carbocycles. The number of rotatable bonds is 8. The maximum absolute atomic E-state index is 12.9. The van der Waals surface area contributed by atoms with Gasteiger partial charge in [0.25, 0.3) is 0 Å². The Balaban J connectivity index is 1.71. The normalized spacial score (nSPS) is 12.0. The van der Waals surface area contributed by atoms with Crippen LogP contribution in [0.1, 0.15) is 25.5 Å². The van der Waals surface area contributed by atoms with Crippen LogP contribution in [0.5, 0.6) is 0 Å². The Morgan fingerprint density at radius 1 is 1.29 bits per heavy atom. The summed E-state index contributed by atoms with van der Waals surface area (Å²) in [7, 11) is 0. The molecule has 1 unspecified atom stereocenters. The Kier molecular flexibility index (Phi) is 6.74. The number of benzene rings is 1. The number of urea groups is 1. The molecule has 2 aromatic rings. The summed E-state index contributed by atoms with van der Waals surface area (Å²) in [5.41, 5.74) is 1.40. The molecule has 1 aromatic heterocycles. The molecule has 0 aliphatic heterocycles. The summed E-state index contributed by atoms with van der Waals surface area (Å²) >= 11 is 0. The molecule has 0 bridgehead atoms. The van der Waals surface area contributed by atoms with E-state index in [-0.39, 0.29) is 18.0 Å². The van der Waals surface area contributed by atoms with E-state index in [4.69, 9.17) is 4.42 Å². The van der Waals surface area contributed by atoms with Gasteiger partial charge in [-0.05, 0) is 37.1 Å². The molecule has 130 valence electrons. The summed E-state index contributed by atoms with van der Waals surface area (Å²) in [6.07, 6.45) is 2.87. The molecule has 1 heterocycles. The third-order valence-electron chi connectivity index (χ3n) is 3.54. The average Bonchev–Trinajstić information content (AvgIpc) is 3.04. The molecular weight excluding hydrogens is 313 g/mol. The van der Waals surface area contributed by atoms with Crippen LogP contribution in [0.4, 0.5) is 9.18 Å². The van der Waals surface area contributed by atoms with Crippen molar-refractivity contribution in [1.29, 1.82) is 0 Å². The smallest absolute Gasteiger partial charge is 0.314 e. The van der Waals surface area contributed by atoms with Crippen LogP contribution in [-0.4, -0.2) is 35.3 Å². The predicted molar refractivity (Wildman–Crippen MR) is 87.9 cm³/mol. The van der Waals surface area contributed by atoms with Crippen LogP contribution >= 0.6 is 0 Å². The van der Waals surface area contributed by atoms with Crippen molar-refractivity contribution in [3.05, 3.63) is 42.0 Å². The molecule has 0 fully saturated rings. The SMILES string of the molecule is CCC(O)CCNC(=O)NCCc1coc(-c2ccc(F)cc2)n1. The number of halogens is 1. The number of carbonyl (C=O) groups is 1. The fourth-order valence-corrected chi connectivity index (χ4v) is 2.07. The van der Waals surface area contributed by atoms with Crippen molar-refractivity contribution in [1.82, 2.24) is 15.6 Å². The lowest BCUT2D eigenvalue weighted by molar-refractivity contribution is 0.160. The monoisotopic (exact) mass is 335 g/mol. The van der Waals surface area contributed by atoms with Crippen LogP contribution in [0.25, 0.3) is 11.5 Å². The molecule has 1 aromatic carbocycles. The van der Waals surface area contributed by atoms with Gasteiger partial charge in [0.2, 0.25) is 5.89 Å². The van der Waals surface area contributed by atoms with E-state index >= 15 is 0 Å². The molecule has 24 heavy (non-hydrogen) atoms. The Hall–Kier alpha value is -2.41. The van der Waals surface area contributed by atoms with E-state index in [0.29, 0.717) is 49.5 Å². The Morgan fingerprint density at radius 3 is 2.71 bits per heavy atom. The Morgan fingerprint density at radius 2 is 2.00 bits per heavy atom. The number of amides is 2. The summed E-state index contributed by atoms with van der Waals surface area (Å²) < 4.78 is 18.3. The third kappa shape index (κ3) is 5.66. The van der Waals surface area contributed by atoms with E-state index in [0.717, 1.165) is 0 Å². The molecule has 0 saturated heterocycles. The Labute approximate surface area is 140 Å². The molecular formula is C17H22FN3O3. The number of carbonyl (C=O) groups excluding carboxylic acids is 1. The maximum atomic E-state index is 12.9. The van der Waals surface area contributed by atoms with Gasteiger partial charge in [0.15, 0.2) is 0 Å². The highest BCUT2D eigenvalue weighted by molar-refractivity contribution is 5.73. The first-order valence-corrected chi connectivity index (χ1v) is 7.98. The van der Waals surface area contributed by atoms with Gasteiger partial charge < -0.3 is 20.2 Å². The zero-order valence-corrected chi connectivity index (χ0v) is 13.6. The van der Waals surface area contributed by atoms with Crippen LogP contribution in [0.15, 0.2) is 34.9 Å². The van der Waals surface area contributed by atoms with Crippen molar-refractivity contribution in [3.63, 3.8) is 0 Å². The molecule has 3 N–H and O–H groups in total. The minimum Gasteiger partial charge on any atom is -0.444 e. The van der Waals surface area contributed by atoms with Crippen LogP contribution in [0, 0.1) is 5.82 Å². The average molecular weight is 335 g/mol. The molecule has 1 atom stereocenters. The van der Waals surface area contributed by atoms with Gasteiger partial charge >= 0.3 is 6.03 Å². The first kappa shape index (κ1) is 17.9. The van der Waals surface area contributed by atoms with Crippen LogP contribution in [-0.2, 0) is 6.42 Å². The van der Waals surface area contributed by atoms with Crippen molar-refractivity contribution in [2.45, 2.75) is 32.3 Å². The molecule has 6 nitrogen and oxygen atoms in total. The minimum atomic E-state index is -0.384. The number of aliphatic hydroxyl groups is 1. The number of nitrogens with one attached hydrogen (secondary N) is 2. The largest absolute Gasteiger partial charge is 0.444 e. The van der Waals surface area contributed by atoms with E-state index in [1.165, 1.54) is 18.4 Å². The maximum Gasteiger partial charge on any atom is 0.314 e. The molecule has 0 radical (unpaired) electrons. The summed E-state index contributed by atoms with van der Waals surface area (Å²) in [4.78, 5) is 15.9. The van der Waals surface area contributed by atoms with Gasteiger partial charge in [-0.1, -0.05) is 6.92 Å². The summed E-state index contributed by atoms with van der Waals surface area (Å²) in [6.45, 7) is 2.74. The van der Waals surface area contributed by atoms with Gasteiger partial charge in [-0.2, -0.15) is 0 Å². The quantitative estimate of drug-likeness (QED) is 0.692. The van der Waals surface area contributed by atoms with Crippen LogP contribution in [0.2, 0.25) is 0 Å². The lowest BCUT2D eigenvalue weighted by Crippen LogP contribution is -2.37. The van der Waals surface area contributed by atoms with E-state index in [1.807, 2.05) is 6.92 Å². The highest BCUT2D eigenvalue weighted by Gasteiger charge is 2.08. The summed E-state index contributed by atoms with van der Waals surface area (Å²) in [5.74, 6) is 0.107. The zero-order chi connectivity index (χ0) is 17.4. The lowest BCUT2D eigenvalue weighted by atomic mass is 10.2. The molecule has 0 spiro atoms. The molecule has 0 aliphatic rings. The van der Waals surface area contributed by atoms with Crippen LogP contribution < -0.4 is 10.6 Å². The van der Waals surface area contributed by atoms with Gasteiger partial charge in [0.1, 0.15) is 12.1 Å². The van der Waals surface area contributed by atoms with Gasteiger partial charge in [0.05, 0.1) is 11.8 Å². The number of hydrogen-bond acceptors (Lipinski definition) is 4. The number of nitrogens with zero attached hydrogens (tertiary/aromatic N) is 1. The molecule has 7 heteroatoms. The van der Waals surface area contributed by atoms with Crippen LogP contribution in [0.3, 0.4) is 0 Å². The van der Waals surface area contributed by atoms with E-state index < -0.39 is 0 Å². The minimum absolute atomic E-state index is 0.277. The van der Waals surface area contributed by atoms with Gasteiger partial charge in [-0.25, -0.2) is 14.2 Å². The van der Waals surface area contributed by atoms with E-state index in [2.05, 4.69) is 15.6 Å². The number of aliphatic hydroxyl groups excluding tert-OH is 1. The predicted octanol–water partition coefficient (Wildman–Crippen LogP) is 2.48.